The lowest BCUT2D eigenvalue weighted by molar-refractivity contribution is -0.121. The largest absolute Gasteiger partial charge is 0.354 e. The zero-order valence-corrected chi connectivity index (χ0v) is 12.1. The molecule has 0 saturated carbocycles. The zero-order chi connectivity index (χ0) is 15.2. The van der Waals surface area contributed by atoms with Gasteiger partial charge in [-0.2, -0.15) is 0 Å². The second kappa shape index (κ2) is 6.91. The summed E-state index contributed by atoms with van der Waals surface area (Å²) in [6.07, 6.45) is 0.767. The van der Waals surface area contributed by atoms with Crippen molar-refractivity contribution in [3.05, 3.63) is 34.9 Å². The van der Waals surface area contributed by atoms with Gasteiger partial charge in [0, 0.05) is 24.2 Å². The Morgan fingerprint density at radius 3 is 3.05 bits per heavy atom. The summed E-state index contributed by atoms with van der Waals surface area (Å²) in [5.74, 6) is 5.46. The Kier molecular flexibility index (Phi) is 4.96. The van der Waals surface area contributed by atoms with E-state index in [4.69, 9.17) is 5.73 Å². The van der Waals surface area contributed by atoms with Crippen LogP contribution in [0, 0.1) is 18.8 Å². The van der Waals surface area contributed by atoms with Crippen molar-refractivity contribution in [3.8, 4) is 11.8 Å². The summed E-state index contributed by atoms with van der Waals surface area (Å²) in [4.78, 5) is 25.8. The van der Waals surface area contributed by atoms with E-state index in [1.54, 1.807) is 11.0 Å². The van der Waals surface area contributed by atoms with Gasteiger partial charge < -0.3 is 16.0 Å². The highest BCUT2D eigenvalue weighted by Crippen LogP contribution is 2.14. The van der Waals surface area contributed by atoms with Gasteiger partial charge in [0.2, 0.25) is 5.91 Å². The van der Waals surface area contributed by atoms with Crippen molar-refractivity contribution in [2.45, 2.75) is 13.3 Å². The Morgan fingerprint density at radius 1 is 1.48 bits per heavy atom. The summed E-state index contributed by atoms with van der Waals surface area (Å²) in [5, 5.41) is 2.77. The van der Waals surface area contributed by atoms with Crippen molar-refractivity contribution in [1.82, 2.24) is 10.2 Å². The summed E-state index contributed by atoms with van der Waals surface area (Å²) in [6.45, 7) is 3.46. The second-order valence-electron chi connectivity index (χ2n) is 4.97. The Morgan fingerprint density at radius 2 is 2.29 bits per heavy atom. The van der Waals surface area contributed by atoms with Gasteiger partial charge in [-0.15, -0.1) is 0 Å². The molecule has 2 amide bonds. The van der Waals surface area contributed by atoms with Gasteiger partial charge in [-0.3, -0.25) is 9.59 Å². The maximum absolute atomic E-state index is 12.6. The molecule has 1 aromatic carbocycles. The van der Waals surface area contributed by atoms with E-state index in [0.29, 0.717) is 18.7 Å². The van der Waals surface area contributed by atoms with E-state index < -0.39 is 0 Å². The molecule has 0 radical (unpaired) electrons. The number of rotatable bonds is 1. The molecule has 1 aromatic rings. The molecular formula is C16H19N3O2. The highest BCUT2D eigenvalue weighted by molar-refractivity contribution is 5.98. The molecule has 0 aromatic heterocycles. The molecule has 1 fully saturated rings. The number of nitrogens with two attached hydrogens (primary N) is 1. The lowest BCUT2D eigenvalue weighted by Gasteiger charge is -2.20. The summed E-state index contributed by atoms with van der Waals surface area (Å²) < 4.78 is 0. The number of nitrogens with one attached hydrogen (secondary N) is 1. The van der Waals surface area contributed by atoms with E-state index >= 15 is 0 Å². The fourth-order valence-electron chi connectivity index (χ4n) is 2.23. The molecule has 0 atom stereocenters. The Bertz CT molecular complexity index is 614. The minimum Gasteiger partial charge on any atom is -0.354 e. The molecule has 1 saturated heterocycles. The van der Waals surface area contributed by atoms with Crippen LogP contribution in [0.4, 0.5) is 0 Å². The molecular weight excluding hydrogens is 266 g/mol. The molecule has 3 N–H and O–H groups in total. The average molecular weight is 285 g/mol. The number of amides is 2. The molecule has 21 heavy (non-hydrogen) atoms. The third-order valence-corrected chi connectivity index (χ3v) is 3.35. The minimum atomic E-state index is -0.124. The quantitative estimate of drug-likeness (QED) is 0.727. The lowest BCUT2D eigenvalue weighted by Crippen LogP contribution is -2.37. The van der Waals surface area contributed by atoms with Gasteiger partial charge in [0.05, 0.1) is 13.1 Å². The minimum absolute atomic E-state index is 0.108. The van der Waals surface area contributed by atoms with Crippen LogP contribution in [0.2, 0.25) is 0 Å². The Balaban J connectivity index is 2.26. The van der Waals surface area contributed by atoms with E-state index in [-0.39, 0.29) is 24.9 Å². The van der Waals surface area contributed by atoms with Crippen LogP contribution in [0.5, 0.6) is 0 Å². The van der Waals surface area contributed by atoms with Crippen molar-refractivity contribution in [1.29, 1.82) is 0 Å². The molecule has 5 heteroatoms. The van der Waals surface area contributed by atoms with Crippen LogP contribution in [-0.4, -0.2) is 42.9 Å². The fraction of sp³-hybridized carbons (Fsp3) is 0.375. The van der Waals surface area contributed by atoms with E-state index in [0.717, 1.165) is 17.5 Å². The Labute approximate surface area is 124 Å². The first-order valence-corrected chi connectivity index (χ1v) is 6.97. The first-order valence-electron chi connectivity index (χ1n) is 6.97. The molecule has 0 unspecified atom stereocenters. The van der Waals surface area contributed by atoms with Gasteiger partial charge >= 0.3 is 0 Å². The van der Waals surface area contributed by atoms with Crippen molar-refractivity contribution in [2.24, 2.45) is 5.73 Å². The summed E-state index contributed by atoms with van der Waals surface area (Å²) in [7, 11) is 0. The van der Waals surface area contributed by atoms with Crippen LogP contribution in [0.15, 0.2) is 18.2 Å². The van der Waals surface area contributed by atoms with Gasteiger partial charge in [0.15, 0.2) is 0 Å². The van der Waals surface area contributed by atoms with Gasteiger partial charge in [0.25, 0.3) is 5.91 Å². The van der Waals surface area contributed by atoms with Crippen molar-refractivity contribution < 1.29 is 9.59 Å². The van der Waals surface area contributed by atoms with Crippen LogP contribution in [0.25, 0.3) is 0 Å². The van der Waals surface area contributed by atoms with Crippen molar-refractivity contribution >= 4 is 11.8 Å². The van der Waals surface area contributed by atoms with Gasteiger partial charge in [-0.25, -0.2) is 0 Å². The smallest absolute Gasteiger partial charge is 0.254 e. The second-order valence-corrected chi connectivity index (χ2v) is 4.97. The van der Waals surface area contributed by atoms with E-state index in [1.807, 2.05) is 19.1 Å². The van der Waals surface area contributed by atoms with Crippen molar-refractivity contribution in [2.75, 3.05) is 26.2 Å². The Hall–Kier alpha value is -2.32. The number of hydrogen-bond acceptors (Lipinski definition) is 3. The number of carbonyl (C=O) groups excluding carboxylic acids is 2. The van der Waals surface area contributed by atoms with Gasteiger partial charge in [-0.1, -0.05) is 17.9 Å². The summed E-state index contributed by atoms with van der Waals surface area (Å²) in [5.41, 5.74) is 7.59. The van der Waals surface area contributed by atoms with Crippen LogP contribution in [-0.2, 0) is 4.79 Å². The molecule has 0 spiro atoms. The molecule has 2 rings (SSSR count). The number of benzene rings is 1. The summed E-state index contributed by atoms with van der Waals surface area (Å²) >= 11 is 0. The number of aryl methyl sites for hydroxylation is 1. The molecule has 1 heterocycles. The van der Waals surface area contributed by atoms with Gasteiger partial charge in [-0.05, 0) is 31.0 Å². The third kappa shape index (κ3) is 3.83. The topological polar surface area (TPSA) is 75.4 Å². The van der Waals surface area contributed by atoms with E-state index in [9.17, 15) is 9.59 Å². The monoisotopic (exact) mass is 285 g/mol. The fourth-order valence-corrected chi connectivity index (χ4v) is 2.23. The van der Waals surface area contributed by atoms with E-state index in [2.05, 4.69) is 17.2 Å². The van der Waals surface area contributed by atoms with Crippen molar-refractivity contribution in [3.63, 3.8) is 0 Å². The highest BCUT2D eigenvalue weighted by atomic mass is 16.2. The van der Waals surface area contributed by atoms with Crippen LogP contribution in [0.1, 0.15) is 27.9 Å². The molecule has 0 bridgehead atoms. The average Bonchev–Trinajstić information content (AvgIpc) is 2.70. The summed E-state index contributed by atoms with van der Waals surface area (Å²) in [6, 6.07) is 5.50. The molecule has 1 aliphatic heterocycles. The molecule has 1 aliphatic rings. The normalized spacial score (nSPS) is 14.8. The highest BCUT2D eigenvalue weighted by Gasteiger charge is 2.22. The maximum Gasteiger partial charge on any atom is 0.254 e. The first-order chi connectivity index (χ1) is 10.1. The number of hydrogen-bond donors (Lipinski definition) is 2. The molecule has 0 aliphatic carbocycles. The molecule has 5 nitrogen and oxygen atoms in total. The van der Waals surface area contributed by atoms with Crippen LogP contribution >= 0.6 is 0 Å². The standard InChI is InChI=1S/C16H19N3O2/c1-12-5-6-13(4-2-7-17)10-14(12)16(21)19-9-3-8-18-15(20)11-19/h5-6,10H,3,7-9,11,17H2,1H3,(H,18,20). The predicted octanol–water partition coefficient (Wildman–Crippen LogP) is 0.267. The molecule has 110 valence electrons. The van der Waals surface area contributed by atoms with Crippen LogP contribution < -0.4 is 11.1 Å². The zero-order valence-electron chi connectivity index (χ0n) is 12.1. The number of carbonyl (C=O) groups is 2. The lowest BCUT2D eigenvalue weighted by atomic mass is 10.0. The maximum atomic E-state index is 12.6. The third-order valence-electron chi connectivity index (χ3n) is 3.35. The van der Waals surface area contributed by atoms with E-state index in [1.165, 1.54) is 0 Å². The van der Waals surface area contributed by atoms with Gasteiger partial charge in [0.1, 0.15) is 0 Å². The predicted molar refractivity (Wildman–Crippen MR) is 80.6 cm³/mol. The first kappa shape index (κ1) is 15.1. The SMILES string of the molecule is Cc1ccc(C#CCN)cc1C(=O)N1CCCNC(=O)C1. The number of nitrogens with zero attached hydrogens (tertiary/aromatic N) is 1. The van der Waals surface area contributed by atoms with Crippen LogP contribution in [0.3, 0.4) is 0 Å².